The molecule has 0 saturated carbocycles. The minimum absolute atomic E-state index is 0.0289. The largest absolute Gasteiger partial charge is 0.363 e. The molecule has 5 nitrogen and oxygen atoms in total. The van der Waals surface area contributed by atoms with Crippen molar-refractivity contribution < 1.29 is 4.79 Å². The van der Waals surface area contributed by atoms with Crippen molar-refractivity contribution in [1.29, 1.82) is 0 Å². The average Bonchev–Trinajstić information content (AvgIpc) is 2.52. The van der Waals surface area contributed by atoms with E-state index in [2.05, 4.69) is 22.1 Å². The van der Waals surface area contributed by atoms with Crippen LogP contribution in [-0.2, 0) is 11.3 Å². The fourth-order valence-corrected chi connectivity index (χ4v) is 3.14. The molecule has 5 heteroatoms. The minimum atomic E-state index is 0.0289. The summed E-state index contributed by atoms with van der Waals surface area (Å²) in [6.45, 7) is 7.60. The van der Waals surface area contributed by atoms with Crippen LogP contribution in [0.5, 0.6) is 0 Å². The zero-order valence-electron chi connectivity index (χ0n) is 13.9. The van der Waals surface area contributed by atoms with Crippen LogP contribution in [0.2, 0.25) is 0 Å². The molecule has 1 aliphatic rings. The number of hydrogen-bond acceptors (Lipinski definition) is 3. The highest BCUT2D eigenvalue weighted by atomic mass is 16.2. The van der Waals surface area contributed by atoms with Gasteiger partial charge < -0.3 is 10.3 Å². The van der Waals surface area contributed by atoms with Crippen LogP contribution in [0.3, 0.4) is 0 Å². The standard InChI is InChI=1S/C17H27N3O2/c1-4-14-7-5-6-8-20(14)11-16(21)19-10-15-13(3)17(22)12(2)9-18-15/h9,14H,4-8,10-11H2,1-3H3,(H,18,22)(H,19,21)/t14-/m1/s1. The van der Waals surface area contributed by atoms with E-state index in [4.69, 9.17) is 0 Å². The van der Waals surface area contributed by atoms with Crippen molar-refractivity contribution in [3.8, 4) is 0 Å². The number of nitrogens with zero attached hydrogens (tertiary/aromatic N) is 1. The van der Waals surface area contributed by atoms with Crippen LogP contribution in [0, 0.1) is 13.8 Å². The lowest BCUT2D eigenvalue weighted by atomic mass is 10.00. The lowest BCUT2D eigenvalue weighted by molar-refractivity contribution is -0.123. The number of pyridine rings is 1. The number of rotatable bonds is 5. The van der Waals surface area contributed by atoms with Crippen molar-refractivity contribution in [1.82, 2.24) is 15.2 Å². The van der Waals surface area contributed by atoms with Gasteiger partial charge in [-0.2, -0.15) is 0 Å². The summed E-state index contributed by atoms with van der Waals surface area (Å²) in [5.41, 5.74) is 2.22. The summed E-state index contributed by atoms with van der Waals surface area (Å²) in [4.78, 5) is 29.4. The predicted molar refractivity (Wildman–Crippen MR) is 87.9 cm³/mol. The van der Waals surface area contributed by atoms with Crippen LogP contribution >= 0.6 is 0 Å². The normalized spacial score (nSPS) is 19.1. The van der Waals surface area contributed by atoms with E-state index in [1.165, 1.54) is 19.3 Å². The first-order valence-corrected chi connectivity index (χ1v) is 8.21. The fourth-order valence-electron chi connectivity index (χ4n) is 3.14. The van der Waals surface area contributed by atoms with Crippen LogP contribution in [0.15, 0.2) is 11.0 Å². The number of nitrogens with one attached hydrogen (secondary N) is 2. The summed E-state index contributed by atoms with van der Waals surface area (Å²) < 4.78 is 0. The number of hydrogen-bond donors (Lipinski definition) is 2. The van der Waals surface area contributed by atoms with Crippen molar-refractivity contribution >= 4 is 5.91 Å². The Labute approximate surface area is 132 Å². The molecular weight excluding hydrogens is 278 g/mol. The molecule has 0 radical (unpaired) electrons. The first kappa shape index (κ1) is 16.7. The van der Waals surface area contributed by atoms with E-state index in [1.54, 1.807) is 20.0 Å². The SMILES string of the molecule is CC[C@@H]1CCCCN1CC(=O)NCc1[nH]cc(C)c(=O)c1C. The third kappa shape index (κ3) is 3.97. The molecular formula is C17H27N3O2. The van der Waals surface area contributed by atoms with E-state index < -0.39 is 0 Å². The lowest BCUT2D eigenvalue weighted by Gasteiger charge is -2.34. The summed E-state index contributed by atoms with van der Waals surface area (Å²) in [5.74, 6) is 0.0289. The van der Waals surface area contributed by atoms with E-state index in [0.717, 1.165) is 18.7 Å². The van der Waals surface area contributed by atoms with Gasteiger partial charge in [0, 0.05) is 29.1 Å². The monoisotopic (exact) mass is 305 g/mol. The molecule has 0 bridgehead atoms. The Morgan fingerprint density at radius 1 is 1.41 bits per heavy atom. The molecule has 0 aliphatic carbocycles. The molecule has 1 atom stereocenters. The zero-order chi connectivity index (χ0) is 16.1. The summed E-state index contributed by atoms with van der Waals surface area (Å²) in [7, 11) is 0. The van der Waals surface area contributed by atoms with Crippen molar-refractivity contribution in [3.63, 3.8) is 0 Å². The molecule has 1 aliphatic heterocycles. The molecule has 122 valence electrons. The third-order valence-corrected chi connectivity index (χ3v) is 4.64. The first-order chi connectivity index (χ1) is 10.5. The minimum Gasteiger partial charge on any atom is -0.363 e. The number of piperidine rings is 1. The number of aryl methyl sites for hydroxylation is 1. The summed E-state index contributed by atoms with van der Waals surface area (Å²) in [5, 5.41) is 2.93. The maximum absolute atomic E-state index is 12.2. The average molecular weight is 305 g/mol. The molecule has 2 heterocycles. The Kier molecular flexibility index (Phi) is 5.77. The fraction of sp³-hybridized carbons (Fsp3) is 0.647. The Bertz CT molecular complexity index is 580. The molecule has 0 aromatic carbocycles. The molecule has 2 N–H and O–H groups in total. The van der Waals surface area contributed by atoms with Crippen LogP contribution < -0.4 is 10.7 Å². The predicted octanol–water partition coefficient (Wildman–Crippen LogP) is 1.87. The number of carbonyl (C=O) groups excluding carboxylic acids is 1. The molecule has 2 rings (SSSR count). The van der Waals surface area contributed by atoms with Crippen LogP contribution in [0.4, 0.5) is 0 Å². The Morgan fingerprint density at radius 3 is 2.91 bits per heavy atom. The first-order valence-electron chi connectivity index (χ1n) is 8.21. The second-order valence-corrected chi connectivity index (χ2v) is 6.21. The number of aromatic nitrogens is 1. The second kappa shape index (κ2) is 7.58. The van der Waals surface area contributed by atoms with E-state index in [0.29, 0.717) is 30.3 Å². The number of amides is 1. The number of carbonyl (C=O) groups is 1. The Balaban J connectivity index is 1.90. The van der Waals surface area contributed by atoms with Gasteiger partial charge in [-0.05, 0) is 39.7 Å². The van der Waals surface area contributed by atoms with Crippen molar-refractivity contribution in [2.45, 2.75) is 59.0 Å². The molecule has 1 aromatic rings. The van der Waals surface area contributed by atoms with Crippen LogP contribution in [0.1, 0.15) is 49.4 Å². The highest BCUT2D eigenvalue weighted by Gasteiger charge is 2.22. The number of likely N-dealkylation sites (tertiary alicyclic amines) is 1. The molecule has 22 heavy (non-hydrogen) atoms. The lowest BCUT2D eigenvalue weighted by Crippen LogP contribution is -2.45. The third-order valence-electron chi connectivity index (χ3n) is 4.64. The quantitative estimate of drug-likeness (QED) is 0.873. The van der Waals surface area contributed by atoms with Gasteiger partial charge >= 0.3 is 0 Å². The van der Waals surface area contributed by atoms with E-state index in [-0.39, 0.29) is 11.3 Å². The molecule has 0 spiro atoms. The van der Waals surface area contributed by atoms with E-state index >= 15 is 0 Å². The van der Waals surface area contributed by atoms with Gasteiger partial charge in [-0.1, -0.05) is 13.3 Å². The van der Waals surface area contributed by atoms with Crippen molar-refractivity contribution in [2.24, 2.45) is 0 Å². The summed E-state index contributed by atoms with van der Waals surface area (Å²) in [6.07, 6.45) is 6.43. The maximum Gasteiger partial charge on any atom is 0.234 e. The van der Waals surface area contributed by atoms with Gasteiger partial charge in [0.2, 0.25) is 5.91 Å². The zero-order valence-corrected chi connectivity index (χ0v) is 13.9. The van der Waals surface area contributed by atoms with Crippen molar-refractivity contribution in [3.05, 3.63) is 33.2 Å². The molecule has 1 fully saturated rings. The number of aromatic amines is 1. The van der Waals surface area contributed by atoms with Gasteiger partial charge in [-0.25, -0.2) is 0 Å². The van der Waals surface area contributed by atoms with Crippen molar-refractivity contribution in [2.75, 3.05) is 13.1 Å². The number of H-pyrrole nitrogens is 1. The highest BCUT2D eigenvalue weighted by Crippen LogP contribution is 2.18. The molecule has 1 amide bonds. The van der Waals surface area contributed by atoms with Crippen LogP contribution in [0.25, 0.3) is 0 Å². The summed E-state index contributed by atoms with van der Waals surface area (Å²) >= 11 is 0. The second-order valence-electron chi connectivity index (χ2n) is 6.21. The maximum atomic E-state index is 12.2. The van der Waals surface area contributed by atoms with Gasteiger partial charge in [-0.15, -0.1) is 0 Å². The summed E-state index contributed by atoms with van der Waals surface area (Å²) in [6, 6.07) is 0.528. The van der Waals surface area contributed by atoms with Gasteiger partial charge in [0.25, 0.3) is 0 Å². The molecule has 1 saturated heterocycles. The Hall–Kier alpha value is -1.62. The highest BCUT2D eigenvalue weighted by molar-refractivity contribution is 5.78. The van der Waals surface area contributed by atoms with E-state index in [1.807, 2.05) is 0 Å². The Morgan fingerprint density at radius 2 is 2.18 bits per heavy atom. The van der Waals surface area contributed by atoms with Gasteiger partial charge in [-0.3, -0.25) is 14.5 Å². The van der Waals surface area contributed by atoms with Gasteiger partial charge in [0.15, 0.2) is 5.43 Å². The molecule has 0 unspecified atom stereocenters. The van der Waals surface area contributed by atoms with Gasteiger partial charge in [0.05, 0.1) is 13.1 Å². The van der Waals surface area contributed by atoms with E-state index in [9.17, 15) is 9.59 Å². The smallest absolute Gasteiger partial charge is 0.234 e. The van der Waals surface area contributed by atoms with Gasteiger partial charge in [0.1, 0.15) is 0 Å². The molecule has 1 aromatic heterocycles. The topological polar surface area (TPSA) is 65.2 Å². The van der Waals surface area contributed by atoms with Crippen LogP contribution in [-0.4, -0.2) is 34.9 Å².